The van der Waals surface area contributed by atoms with Gasteiger partial charge < -0.3 is 28.8 Å². The predicted molar refractivity (Wildman–Crippen MR) is 155 cm³/mol. The molecule has 0 bridgehead atoms. The first-order valence-corrected chi connectivity index (χ1v) is 13.6. The summed E-state index contributed by atoms with van der Waals surface area (Å²) in [4.78, 5) is 38.0. The number of aliphatic hydroxyl groups excluding tert-OH is 1. The van der Waals surface area contributed by atoms with Gasteiger partial charge in [0, 0.05) is 0 Å². The maximum Gasteiger partial charge on any atom is 0.338 e. The maximum atomic E-state index is 12.9. The van der Waals surface area contributed by atoms with Crippen LogP contribution in [0.5, 0.6) is 0 Å². The van der Waals surface area contributed by atoms with E-state index in [1.165, 1.54) is 0 Å². The molecule has 3 aromatic rings. The molecule has 9 heteroatoms. The van der Waals surface area contributed by atoms with Gasteiger partial charge in [-0.15, -0.1) is 0 Å². The van der Waals surface area contributed by atoms with Gasteiger partial charge in [-0.1, -0.05) is 54.6 Å². The standard InChI is InChI=1S/C33H38O9/c1-31(2,40-28(35)25-14-8-5-9-15-25)21-38-23-33(4,42-30(37)27-18-12-7-13-19-27)24-39-22-32(3,20-34)41-29(36)26-16-10-6-11-17-26/h5-19,34H,20-24H2,1-4H3. The van der Waals surface area contributed by atoms with Crippen molar-refractivity contribution in [2.45, 2.75) is 44.5 Å². The first kappa shape index (κ1) is 32.5. The van der Waals surface area contributed by atoms with Gasteiger partial charge in [0.1, 0.15) is 5.60 Å². The number of esters is 3. The number of hydrogen-bond donors (Lipinski definition) is 1. The van der Waals surface area contributed by atoms with E-state index in [9.17, 15) is 19.5 Å². The van der Waals surface area contributed by atoms with Crippen LogP contribution in [0.4, 0.5) is 0 Å². The molecule has 3 rings (SSSR count). The molecule has 224 valence electrons. The highest BCUT2D eigenvalue weighted by Crippen LogP contribution is 2.21. The lowest BCUT2D eigenvalue weighted by atomic mass is 10.1. The summed E-state index contributed by atoms with van der Waals surface area (Å²) in [6.07, 6.45) is 0. The van der Waals surface area contributed by atoms with E-state index < -0.39 is 41.3 Å². The van der Waals surface area contributed by atoms with Crippen LogP contribution in [0.15, 0.2) is 91.0 Å². The highest BCUT2D eigenvalue weighted by molar-refractivity contribution is 5.90. The van der Waals surface area contributed by atoms with E-state index in [-0.39, 0.29) is 26.4 Å². The van der Waals surface area contributed by atoms with E-state index in [4.69, 9.17) is 23.7 Å². The lowest BCUT2D eigenvalue weighted by Gasteiger charge is -2.33. The third-order valence-electron chi connectivity index (χ3n) is 6.08. The second kappa shape index (κ2) is 14.7. The first-order chi connectivity index (χ1) is 19.9. The highest BCUT2D eigenvalue weighted by Gasteiger charge is 2.35. The second-order valence-electron chi connectivity index (χ2n) is 11.1. The average molecular weight is 579 g/mol. The molecule has 0 saturated heterocycles. The van der Waals surface area contributed by atoms with Crippen LogP contribution in [-0.2, 0) is 23.7 Å². The van der Waals surface area contributed by atoms with E-state index >= 15 is 0 Å². The van der Waals surface area contributed by atoms with Gasteiger partial charge >= 0.3 is 17.9 Å². The number of aliphatic hydroxyl groups is 1. The molecule has 0 spiro atoms. The third-order valence-corrected chi connectivity index (χ3v) is 6.08. The Balaban J connectivity index is 1.64. The monoisotopic (exact) mass is 578 g/mol. The zero-order valence-electron chi connectivity index (χ0n) is 24.4. The Hall–Kier alpha value is -4.05. The second-order valence-corrected chi connectivity index (χ2v) is 11.1. The lowest BCUT2D eigenvalue weighted by molar-refractivity contribution is -0.136. The molecule has 2 unspecified atom stereocenters. The molecule has 2 atom stereocenters. The summed E-state index contributed by atoms with van der Waals surface area (Å²) in [6, 6.07) is 25.5. The van der Waals surface area contributed by atoms with Crippen LogP contribution in [0.1, 0.15) is 58.8 Å². The summed E-state index contributed by atoms with van der Waals surface area (Å²) in [5.74, 6) is -1.68. The summed E-state index contributed by atoms with van der Waals surface area (Å²) in [7, 11) is 0. The molecule has 9 nitrogen and oxygen atoms in total. The topological polar surface area (TPSA) is 118 Å². The number of rotatable bonds is 15. The van der Waals surface area contributed by atoms with Crippen molar-refractivity contribution in [3.8, 4) is 0 Å². The highest BCUT2D eigenvalue weighted by atomic mass is 16.6. The van der Waals surface area contributed by atoms with Crippen molar-refractivity contribution in [2.75, 3.05) is 33.0 Å². The van der Waals surface area contributed by atoms with Crippen molar-refractivity contribution < 1.29 is 43.2 Å². The minimum Gasteiger partial charge on any atom is -0.454 e. The van der Waals surface area contributed by atoms with Gasteiger partial charge in [-0.3, -0.25) is 0 Å². The molecule has 0 fully saturated rings. The van der Waals surface area contributed by atoms with Crippen molar-refractivity contribution in [3.63, 3.8) is 0 Å². The van der Waals surface area contributed by atoms with E-state index in [1.54, 1.807) is 119 Å². The summed E-state index contributed by atoms with van der Waals surface area (Å²) < 4.78 is 28.7. The Labute approximate surface area is 246 Å². The van der Waals surface area contributed by atoms with Crippen molar-refractivity contribution >= 4 is 17.9 Å². The minimum absolute atomic E-state index is 0.00704. The molecule has 1 N–H and O–H groups in total. The van der Waals surface area contributed by atoms with E-state index in [0.29, 0.717) is 16.7 Å². The fourth-order valence-corrected chi connectivity index (χ4v) is 3.83. The van der Waals surface area contributed by atoms with Crippen LogP contribution in [-0.4, -0.2) is 72.9 Å². The van der Waals surface area contributed by atoms with Gasteiger partial charge in [0.2, 0.25) is 0 Å². The molecular weight excluding hydrogens is 540 g/mol. The lowest BCUT2D eigenvalue weighted by Crippen LogP contribution is -2.46. The van der Waals surface area contributed by atoms with Gasteiger partial charge in [0.15, 0.2) is 11.2 Å². The quantitative estimate of drug-likeness (QED) is 0.199. The fourth-order valence-electron chi connectivity index (χ4n) is 3.83. The Morgan fingerprint density at radius 3 is 1.26 bits per heavy atom. The molecule has 3 aromatic carbocycles. The van der Waals surface area contributed by atoms with E-state index in [1.807, 2.05) is 0 Å². The maximum absolute atomic E-state index is 12.9. The van der Waals surface area contributed by atoms with Gasteiger partial charge in [-0.05, 0) is 64.1 Å². The van der Waals surface area contributed by atoms with Crippen molar-refractivity contribution in [1.82, 2.24) is 0 Å². The first-order valence-electron chi connectivity index (χ1n) is 13.6. The minimum atomic E-state index is -1.36. The number of carbonyl (C=O) groups excluding carboxylic acids is 3. The Morgan fingerprint density at radius 1 is 0.524 bits per heavy atom. The molecule has 0 saturated carbocycles. The van der Waals surface area contributed by atoms with Crippen molar-refractivity contribution in [1.29, 1.82) is 0 Å². The Kier molecular flexibility index (Phi) is 11.4. The van der Waals surface area contributed by atoms with Crippen LogP contribution in [0, 0.1) is 0 Å². The third kappa shape index (κ3) is 10.1. The SMILES string of the molecule is CC(C)(COCC(C)(COCC(C)(CO)OC(=O)c1ccccc1)OC(=O)c1ccccc1)OC(=O)c1ccccc1. The molecule has 0 amide bonds. The summed E-state index contributed by atoms with van der Waals surface area (Å²) >= 11 is 0. The molecule has 0 aliphatic heterocycles. The van der Waals surface area contributed by atoms with Crippen LogP contribution in [0.2, 0.25) is 0 Å². The molecule has 0 aliphatic carbocycles. The zero-order valence-corrected chi connectivity index (χ0v) is 24.4. The number of benzene rings is 3. The predicted octanol–water partition coefficient (Wildman–Crippen LogP) is 4.88. The summed E-state index contributed by atoms with van der Waals surface area (Å²) in [5, 5.41) is 9.98. The Bertz CT molecular complexity index is 1290. The van der Waals surface area contributed by atoms with Crippen molar-refractivity contribution in [2.24, 2.45) is 0 Å². The van der Waals surface area contributed by atoms with Crippen LogP contribution in [0.3, 0.4) is 0 Å². The summed E-state index contributed by atoms with van der Waals surface area (Å²) in [6.45, 7) is 5.70. The smallest absolute Gasteiger partial charge is 0.338 e. The van der Waals surface area contributed by atoms with E-state index in [2.05, 4.69) is 0 Å². The molecule has 0 radical (unpaired) electrons. The normalized spacial score (nSPS) is 14.2. The largest absolute Gasteiger partial charge is 0.454 e. The zero-order chi connectivity index (χ0) is 30.6. The molecular formula is C33H38O9. The van der Waals surface area contributed by atoms with Crippen LogP contribution in [0.25, 0.3) is 0 Å². The molecule has 0 heterocycles. The number of carbonyl (C=O) groups is 3. The van der Waals surface area contributed by atoms with Gasteiger partial charge in [-0.25, -0.2) is 14.4 Å². The van der Waals surface area contributed by atoms with E-state index in [0.717, 1.165) is 0 Å². The van der Waals surface area contributed by atoms with Crippen LogP contribution >= 0.6 is 0 Å². The molecule has 0 aromatic heterocycles. The Morgan fingerprint density at radius 2 is 0.857 bits per heavy atom. The van der Waals surface area contributed by atoms with Gasteiger partial charge in [-0.2, -0.15) is 0 Å². The average Bonchev–Trinajstić information content (AvgIpc) is 2.98. The van der Waals surface area contributed by atoms with Gasteiger partial charge in [0.25, 0.3) is 0 Å². The molecule has 42 heavy (non-hydrogen) atoms. The fraction of sp³-hybridized carbons (Fsp3) is 0.364. The summed E-state index contributed by atoms with van der Waals surface area (Å²) in [5.41, 5.74) is -2.53. The van der Waals surface area contributed by atoms with Crippen LogP contribution < -0.4 is 0 Å². The number of hydrogen-bond acceptors (Lipinski definition) is 9. The number of ether oxygens (including phenoxy) is 5. The van der Waals surface area contributed by atoms with Gasteiger partial charge in [0.05, 0.1) is 49.7 Å². The molecule has 0 aliphatic rings. The van der Waals surface area contributed by atoms with Crippen molar-refractivity contribution in [3.05, 3.63) is 108 Å².